The van der Waals surface area contributed by atoms with E-state index in [0.29, 0.717) is 23.4 Å². The molecule has 2 N–H and O–H groups in total. The zero-order chi connectivity index (χ0) is 28.8. The van der Waals surface area contributed by atoms with Gasteiger partial charge in [-0.2, -0.15) is 0 Å². The van der Waals surface area contributed by atoms with Crippen LogP contribution >= 0.6 is 0 Å². The molecule has 6 heteroatoms. The summed E-state index contributed by atoms with van der Waals surface area (Å²) in [5.41, 5.74) is 6.20. The summed E-state index contributed by atoms with van der Waals surface area (Å²) in [7, 11) is 4.09. The van der Waals surface area contributed by atoms with E-state index in [0.717, 1.165) is 47.2 Å². The van der Waals surface area contributed by atoms with Gasteiger partial charge in [0.1, 0.15) is 0 Å². The Morgan fingerprint density at radius 2 is 1.54 bits per heavy atom. The maximum Gasteiger partial charge on any atom is 0.258 e. The van der Waals surface area contributed by atoms with Gasteiger partial charge in [-0.25, -0.2) is 4.99 Å². The molecule has 0 fully saturated rings. The highest BCUT2D eigenvalue weighted by Gasteiger charge is 2.22. The molecule has 0 aliphatic carbocycles. The topological polar surface area (TPSA) is 71.9 Å². The lowest BCUT2D eigenvalue weighted by molar-refractivity contribution is 0.0986. The van der Waals surface area contributed by atoms with Crippen molar-refractivity contribution >= 4 is 33.9 Å². The normalized spacial score (nSPS) is 11.8. The van der Waals surface area contributed by atoms with Crippen LogP contribution < -0.4 is 4.90 Å². The van der Waals surface area contributed by atoms with Crippen LogP contribution in [0, 0.1) is 0 Å². The summed E-state index contributed by atoms with van der Waals surface area (Å²) in [6, 6.07) is 33.3. The van der Waals surface area contributed by atoms with Crippen LogP contribution in [0.25, 0.3) is 10.9 Å². The summed E-state index contributed by atoms with van der Waals surface area (Å²) in [5.74, 6) is -0.0600. The zero-order valence-corrected chi connectivity index (χ0v) is 23.8. The second-order valence-corrected chi connectivity index (χ2v) is 10.5. The number of aromatic hydroxyl groups is 1. The summed E-state index contributed by atoms with van der Waals surface area (Å²) in [4.78, 5) is 26.0. The second-order valence-electron chi connectivity index (χ2n) is 10.5. The van der Waals surface area contributed by atoms with Crippen LogP contribution in [0.4, 0.5) is 11.4 Å². The molecular formula is C35H36N4O2. The molecule has 0 radical (unpaired) electrons. The van der Waals surface area contributed by atoms with E-state index in [1.54, 1.807) is 0 Å². The van der Waals surface area contributed by atoms with Crippen molar-refractivity contribution < 1.29 is 9.90 Å². The van der Waals surface area contributed by atoms with Gasteiger partial charge in [-0.15, -0.1) is 0 Å². The van der Waals surface area contributed by atoms with Crippen LogP contribution in [-0.4, -0.2) is 47.2 Å². The van der Waals surface area contributed by atoms with Crippen LogP contribution in [0.15, 0.2) is 108 Å². The number of amides is 1. The third-order valence-corrected chi connectivity index (χ3v) is 7.03. The molecule has 5 aromatic rings. The summed E-state index contributed by atoms with van der Waals surface area (Å²) in [6.45, 7) is 3.59. The molecular weight excluding hydrogens is 508 g/mol. The van der Waals surface area contributed by atoms with Crippen molar-refractivity contribution in [3.05, 3.63) is 125 Å². The van der Waals surface area contributed by atoms with Crippen LogP contribution in [0.3, 0.4) is 0 Å². The number of aliphatic imine (C=N–C) groups is 1. The molecule has 1 heterocycles. The lowest BCUT2D eigenvalue weighted by atomic mass is 9.99. The number of carbonyl (C=O) groups excluding carboxylic acids is 1. The van der Waals surface area contributed by atoms with Crippen LogP contribution in [-0.2, 0) is 6.54 Å². The number of nitrogens with zero attached hydrogens (tertiary/aromatic N) is 3. The summed E-state index contributed by atoms with van der Waals surface area (Å²) >= 11 is 0. The van der Waals surface area contributed by atoms with Crippen LogP contribution in [0.5, 0.6) is 5.88 Å². The fourth-order valence-corrected chi connectivity index (χ4v) is 5.01. The van der Waals surface area contributed by atoms with Gasteiger partial charge in [0.2, 0.25) is 0 Å². The first-order valence-corrected chi connectivity index (χ1v) is 14.0. The molecule has 0 bridgehead atoms. The Labute approximate surface area is 241 Å². The quantitative estimate of drug-likeness (QED) is 0.178. The maximum atomic E-state index is 13.9. The molecule has 6 nitrogen and oxygen atoms in total. The van der Waals surface area contributed by atoms with Crippen LogP contribution in [0.1, 0.15) is 46.8 Å². The molecule has 4 aromatic carbocycles. The van der Waals surface area contributed by atoms with Crippen molar-refractivity contribution in [3.63, 3.8) is 0 Å². The average molecular weight is 545 g/mol. The summed E-state index contributed by atoms with van der Waals surface area (Å²) < 4.78 is 0. The van der Waals surface area contributed by atoms with E-state index in [1.807, 2.05) is 110 Å². The minimum atomic E-state index is -0.0760. The first kappa shape index (κ1) is 27.9. The van der Waals surface area contributed by atoms with Gasteiger partial charge in [0.05, 0.1) is 17.0 Å². The average Bonchev–Trinajstić information content (AvgIpc) is 3.32. The monoisotopic (exact) mass is 544 g/mol. The fraction of sp³-hybridized carbons (Fsp3) is 0.200. The smallest absolute Gasteiger partial charge is 0.258 e. The molecule has 5 rings (SSSR count). The molecule has 0 saturated carbocycles. The molecule has 0 saturated heterocycles. The zero-order valence-electron chi connectivity index (χ0n) is 23.8. The molecule has 0 aliphatic heterocycles. The first-order chi connectivity index (χ1) is 19.9. The molecule has 0 unspecified atom stereocenters. The summed E-state index contributed by atoms with van der Waals surface area (Å²) in [5, 5.41) is 11.9. The van der Waals surface area contributed by atoms with E-state index in [1.165, 1.54) is 5.56 Å². The van der Waals surface area contributed by atoms with Crippen molar-refractivity contribution in [1.82, 2.24) is 9.88 Å². The number of benzene rings is 4. The van der Waals surface area contributed by atoms with Crippen LogP contribution in [0.2, 0.25) is 0 Å². The van der Waals surface area contributed by atoms with E-state index >= 15 is 0 Å². The molecule has 0 aliphatic rings. The minimum Gasteiger partial charge on any atom is -0.494 e. The van der Waals surface area contributed by atoms with Crippen molar-refractivity contribution in [3.8, 4) is 5.88 Å². The van der Waals surface area contributed by atoms with E-state index in [2.05, 4.69) is 28.9 Å². The van der Waals surface area contributed by atoms with Gasteiger partial charge in [0.15, 0.2) is 5.88 Å². The Morgan fingerprint density at radius 1 is 0.854 bits per heavy atom. The highest BCUT2D eigenvalue weighted by Crippen LogP contribution is 2.33. The fourth-order valence-electron chi connectivity index (χ4n) is 5.01. The predicted octanol–water partition coefficient (Wildman–Crippen LogP) is 7.55. The second kappa shape index (κ2) is 12.7. The number of fused-ring (bicyclic) bond motifs is 1. The number of anilines is 1. The molecule has 208 valence electrons. The van der Waals surface area contributed by atoms with Gasteiger partial charge in [0, 0.05) is 40.8 Å². The van der Waals surface area contributed by atoms with Crippen molar-refractivity contribution in [1.29, 1.82) is 0 Å². The van der Waals surface area contributed by atoms with Gasteiger partial charge in [0.25, 0.3) is 5.91 Å². The number of rotatable bonds is 10. The number of carbonyl (C=O) groups is 1. The van der Waals surface area contributed by atoms with Crippen molar-refractivity contribution in [2.24, 2.45) is 4.99 Å². The van der Waals surface area contributed by atoms with Gasteiger partial charge in [-0.3, -0.25) is 4.79 Å². The third-order valence-electron chi connectivity index (χ3n) is 7.03. The Balaban J connectivity index is 1.61. The Morgan fingerprint density at radius 3 is 2.20 bits per heavy atom. The van der Waals surface area contributed by atoms with Crippen molar-refractivity contribution in [2.75, 3.05) is 25.5 Å². The number of hydrogen-bond acceptors (Lipinski definition) is 4. The predicted molar refractivity (Wildman–Crippen MR) is 169 cm³/mol. The molecule has 1 aromatic heterocycles. The minimum absolute atomic E-state index is 0.0160. The number of H-pyrrole nitrogens is 1. The highest BCUT2D eigenvalue weighted by atomic mass is 16.3. The van der Waals surface area contributed by atoms with Gasteiger partial charge >= 0.3 is 0 Å². The lowest BCUT2D eigenvalue weighted by Crippen LogP contribution is -2.31. The highest BCUT2D eigenvalue weighted by molar-refractivity contribution is 6.22. The number of aromatic amines is 1. The van der Waals surface area contributed by atoms with Crippen molar-refractivity contribution in [2.45, 2.75) is 26.3 Å². The third kappa shape index (κ3) is 6.39. The first-order valence-electron chi connectivity index (χ1n) is 14.0. The number of para-hydroxylation sites is 1. The molecule has 41 heavy (non-hydrogen) atoms. The molecule has 0 atom stereocenters. The number of nitrogens with one attached hydrogen (secondary N) is 1. The Hall–Kier alpha value is -4.68. The Bertz CT molecular complexity index is 1640. The number of hydrogen-bond donors (Lipinski definition) is 2. The number of unbranched alkanes of at least 4 members (excludes halogenated alkanes) is 1. The van der Waals surface area contributed by atoms with Gasteiger partial charge in [-0.1, -0.05) is 74.0 Å². The largest absolute Gasteiger partial charge is 0.494 e. The molecule has 0 spiro atoms. The van der Waals surface area contributed by atoms with E-state index in [-0.39, 0.29) is 11.8 Å². The maximum absolute atomic E-state index is 13.9. The SMILES string of the molecule is CCCCN(C(=O)c1ccc2[nH]c(O)c(C(=Nc3ccc(CN(C)C)cc3)c3ccccc3)c2c1)c1ccccc1. The van der Waals surface area contributed by atoms with E-state index in [4.69, 9.17) is 4.99 Å². The summed E-state index contributed by atoms with van der Waals surface area (Å²) in [6.07, 6.45) is 1.88. The lowest BCUT2D eigenvalue weighted by Gasteiger charge is -2.23. The Kier molecular flexibility index (Phi) is 8.61. The standard InChI is InChI=1S/C35H36N4O2/c1-4-5-22-39(29-14-10-7-11-15-29)35(41)27-18-21-31-30(23-27)32(34(40)37-31)33(26-12-8-6-9-13-26)36-28-19-16-25(17-20-28)24-38(2)3/h6-21,23,37,40H,4-5,22,24H2,1-3H3. The number of aromatic nitrogens is 1. The van der Waals surface area contributed by atoms with Gasteiger partial charge in [-0.05, 0) is 68.5 Å². The van der Waals surface area contributed by atoms with E-state index < -0.39 is 0 Å². The van der Waals surface area contributed by atoms with Gasteiger partial charge < -0.3 is 19.9 Å². The molecule has 1 amide bonds. The van der Waals surface area contributed by atoms with E-state index in [9.17, 15) is 9.90 Å².